The average molecular weight is 439 g/mol. The molecule has 5 heteroatoms. The first kappa shape index (κ1) is 20.9. The maximum atomic E-state index is 13.1. The van der Waals surface area contributed by atoms with Crippen LogP contribution in [-0.2, 0) is 0 Å². The normalized spacial score (nSPS) is 15.7. The first-order valence-corrected chi connectivity index (χ1v) is 10.9. The molecule has 3 aromatic rings. The monoisotopic (exact) mass is 438 g/mol. The molecule has 0 aliphatic carbocycles. The molecular weight excluding hydrogens is 415 g/mol. The van der Waals surface area contributed by atoms with Crippen molar-refractivity contribution < 1.29 is 4.79 Å². The molecule has 0 unspecified atom stereocenters. The summed E-state index contributed by atoms with van der Waals surface area (Å²) >= 11 is 12.3. The molecule has 1 aliphatic rings. The fourth-order valence-electron chi connectivity index (χ4n) is 4.06. The third-order valence-corrected chi connectivity index (χ3v) is 6.22. The van der Waals surface area contributed by atoms with E-state index in [4.69, 9.17) is 23.2 Å². The molecule has 30 heavy (non-hydrogen) atoms. The van der Waals surface area contributed by atoms with Gasteiger partial charge in [-0.15, -0.1) is 0 Å². The van der Waals surface area contributed by atoms with Gasteiger partial charge in [-0.2, -0.15) is 0 Å². The minimum absolute atomic E-state index is 0.0170. The molecule has 0 spiro atoms. The molecule has 4 rings (SSSR count). The van der Waals surface area contributed by atoms with E-state index in [2.05, 4.69) is 46.2 Å². The summed E-state index contributed by atoms with van der Waals surface area (Å²) in [6, 6.07) is 25.8. The van der Waals surface area contributed by atoms with Crippen LogP contribution in [0.2, 0.25) is 10.0 Å². The molecule has 1 heterocycles. The zero-order valence-electron chi connectivity index (χ0n) is 16.7. The minimum atomic E-state index is 0.0170. The second kappa shape index (κ2) is 9.65. The Labute approximate surface area is 187 Å². The standard InChI is InChI=1S/C25H24Cl2N2O/c26-20-11-12-22(23(27)17-20)25(30)18-24(19-7-3-1-4-8-19)29-15-13-28(14-16-29)21-9-5-2-6-10-21/h1-12,17,24H,13-16,18H2/t24-/m1/s1. The predicted octanol–water partition coefficient (Wildman–Crippen LogP) is 6.13. The number of carbonyl (C=O) groups is 1. The van der Waals surface area contributed by atoms with Gasteiger partial charge in [-0.05, 0) is 35.9 Å². The third-order valence-electron chi connectivity index (χ3n) is 5.67. The summed E-state index contributed by atoms with van der Waals surface area (Å²) in [6.45, 7) is 3.67. The van der Waals surface area contributed by atoms with Crippen molar-refractivity contribution in [1.29, 1.82) is 0 Å². The Morgan fingerprint density at radius 1 is 0.833 bits per heavy atom. The lowest BCUT2D eigenvalue weighted by Gasteiger charge is -2.40. The Morgan fingerprint density at radius 3 is 2.10 bits per heavy atom. The van der Waals surface area contributed by atoms with E-state index in [9.17, 15) is 4.79 Å². The zero-order valence-corrected chi connectivity index (χ0v) is 18.2. The van der Waals surface area contributed by atoms with E-state index >= 15 is 0 Å². The third kappa shape index (κ3) is 4.86. The van der Waals surface area contributed by atoms with Crippen molar-refractivity contribution in [3.05, 3.63) is 100 Å². The fraction of sp³-hybridized carbons (Fsp3) is 0.240. The number of hydrogen-bond donors (Lipinski definition) is 0. The Morgan fingerprint density at radius 2 is 1.47 bits per heavy atom. The average Bonchev–Trinajstić information content (AvgIpc) is 2.79. The molecule has 0 aromatic heterocycles. The molecule has 0 saturated carbocycles. The van der Waals surface area contributed by atoms with Crippen LogP contribution in [0.4, 0.5) is 5.69 Å². The number of benzene rings is 3. The quantitative estimate of drug-likeness (QED) is 0.432. The summed E-state index contributed by atoms with van der Waals surface area (Å²) in [5.41, 5.74) is 2.94. The van der Waals surface area contributed by atoms with Crippen molar-refractivity contribution >= 4 is 34.7 Å². The van der Waals surface area contributed by atoms with Gasteiger partial charge in [-0.1, -0.05) is 71.7 Å². The van der Waals surface area contributed by atoms with Gasteiger partial charge in [0.1, 0.15) is 0 Å². The van der Waals surface area contributed by atoms with Crippen LogP contribution >= 0.6 is 23.2 Å². The lowest BCUT2D eigenvalue weighted by molar-refractivity contribution is 0.0910. The predicted molar refractivity (Wildman–Crippen MR) is 125 cm³/mol. The lowest BCUT2D eigenvalue weighted by Crippen LogP contribution is -2.48. The highest BCUT2D eigenvalue weighted by Gasteiger charge is 2.28. The number of hydrogen-bond acceptors (Lipinski definition) is 3. The van der Waals surface area contributed by atoms with Crippen molar-refractivity contribution in [2.24, 2.45) is 0 Å². The molecule has 0 bridgehead atoms. The van der Waals surface area contributed by atoms with E-state index in [-0.39, 0.29) is 11.8 Å². The molecule has 3 aromatic carbocycles. The molecular formula is C25H24Cl2N2O. The Kier molecular flexibility index (Phi) is 6.73. The Hall–Kier alpha value is -2.33. The molecule has 0 amide bonds. The van der Waals surface area contributed by atoms with Crippen LogP contribution in [-0.4, -0.2) is 36.9 Å². The number of carbonyl (C=O) groups excluding carboxylic acids is 1. The number of halogens is 2. The van der Waals surface area contributed by atoms with E-state index in [1.165, 1.54) is 5.69 Å². The van der Waals surface area contributed by atoms with Crippen molar-refractivity contribution in [2.45, 2.75) is 12.5 Å². The van der Waals surface area contributed by atoms with Crippen LogP contribution < -0.4 is 4.90 Å². The summed E-state index contributed by atoms with van der Waals surface area (Å²) in [5.74, 6) is 0.0380. The van der Waals surface area contributed by atoms with Crippen LogP contribution in [0.3, 0.4) is 0 Å². The number of anilines is 1. The molecule has 3 nitrogen and oxygen atoms in total. The van der Waals surface area contributed by atoms with Crippen LogP contribution in [0.1, 0.15) is 28.4 Å². The molecule has 0 N–H and O–H groups in total. The molecule has 154 valence electrons. The highest BCUT2D eigenvalue weighted by Crippen LogP contribution is 2.30. The Balaban J connectivity index is 1.52. The largest absolute Gasteiger partial charge is 0.369 e. The number of para-hydroxylation sites is 1. The van der Waals surface area contributed by atoms with Crippen LogP contribution in [0, 0.1) is 0 Å². The van der Waals surface area contributed by atoms with Gasteiger partial charge in [0, 0.05) is 54.9 Å². The minimum Gasteiger partial charge on any atom is -0.369 e. The van der Waals surface area contributed by atoms with Crippen molar-refractivity contribution in [1.82, 2.24) is 4.90 Å². The van der Waals surface area contributed by atoms with E-state index in [0.717, 1.165) is 31.7 Å². The van der Waals surface area contributed by atoms with Crippen LogP contribution in [0.25, 0.3) is 0 Å². The lowest BCUT2D eigenvalue weighted by atomic mass is 9.96. The van der Waals surface area contributed by atoms with Crippen molar-refractivity contribution in [3.8, 4) is 0 Å². The molecule has 1 aliphatic heterocycles. The summed E-state index contributed by atoms with van der Waals surface area (Å²) in [6.07, 6.45) is 0.386. The zero-order chi connectivity index (χ0) is 20.9. The number of nitrogens with zero attached hydrogens (tertiary/aromatic N) is 2. The van der Waals surface area contributed by atoms with Gasteiger partial charge in [0.25, 0.3) is 0 Å². The van der Waals surface area contributed by atoms with Gasteiger partial charge in [0.05, 0.1) is 5.02 Å². The number of Topliss-reactive ketones (excluding diaryl/α,β-unsaturated/α-hetero) is 1. The fourth-order valence-corrected chi connectivity index (χ4v) is 4.58. The SMILES string of the molecule is O=C(C[C@H](c1ccccc1)N1CCN(c2ccccc2)CC1)c1ccc(Cl)cc1Cl. The highest BCUT2D eigenvalue weighted by molar-refractivity contribution is 6.36. The van der Waals surface area contributed by atoms with Crippen molar-refractivity contribution in [2.75, 3.05) is 31.1 Å². The van der Waals surface area contributed by atoms with Gasteiger partial charge >= 0.3 is 0 Å². The summed E-state index contributed by atoms with van der Waals surface area (Å²) < 4.78 is 0. The molecule has 0 radical (unpaired) electrons. The van der Waals surface area contributed by atoms with Gasteiger partial charge in [-0.25, -0.2) is 0 Å². The second-order valence-electron chi connectivity index (χ2n) is 7.54. The first-order valence-electron chi connectivity index (χ1n) is 10.2. The van der Waals surface area contributed by atoms with Gasteiger partial charge < -0.3 is 4.90 Å². The Bertz CT molecular complexity index is 987. The molecule has 1 saturated heterocycles. The highest BCUT2D eigenvalue weighted by atomic mass is 35.5. The number of ketones is 1. The van der Waals surface area contributed by atoms with Crippen LogP contribution in [0.5, 0.6) is 0 Å². The first-order chi connectivity index (χ1) is 14.6. The van der Waals surface area contributed by atoms with Gasteiger partial charge in [0.2, 0.25) is 0 Å². The smallest absolute Gasteiger partial charge is 0.166 e. The molecule has 1 fully saturated rings. The maximum Gasteiger partial charge on any atom is 0.166 e. The second-order valence-corrected chi connectivity index (χ2v) is 8.38. The summed E-state index contributed by atoms with van der Waals surface area (Å²) in [5, 5.41) is 0.946. The van der Waals surface area contributed by atoms with E-state index < -0.39 is 0 Å². The van der Waals surface area contributed by atoms with E-state index in [1.807, 2.05) is 24.3 Å². The summed E-state index contributed by atoms with van der Waals surface area (Å²) in [4.78, 5) is 17.9. The van der Waals surface area contributed by atoms with E-state index in [0.29, 0.717) is 22.0 Å². The topological polar surface area (TPSA) is 23.6 Å². The summed E-state index contributed by atoms with van der Waals surface area (Å²) in [7, 11) is 0. The number of rotatable bonds is 6. The van der Waals surface area contributed by atoms with Crippen LogP contribution in [0.15, 0.2) is 78.9 Å². The van der Waals surface area contributed by atoms with Crippen molar-refractivity contribution in [3.63, 3.8) is 0 Å². The van der Waals surface area contributed by atoms with Gasteiger partial charge in [0.15, 0.2) is 5.78 Å². The van der Waals surface area contributed by atoms with E-state index in [1.54, 1.807) is 18.2 Å². The van der Waals surface area contributed by atoms with Gasteiger partial charge in [-0.3, -0.25) is 9.69 Å². The molecule has 1 atom stereocenters. The maximum absolute atomic E-state index is 13.1. The number of piperazine rings is 1.